The van der Waals surface area contributed by atoms with E-state index in [4.69, 9.17) is 0 Å². The molecule has 0 aromatic heterocycles. The van der Waals surface area contributed by atoms with Crippen molar-refractivity contribution in [2.24, 2.45) is 11.8 Å². The Balaban J connectivity index is 0.000000364. The Morgan fingerprint density at radius 3 is 0.861 bits per heavy atom. The number of likely N-dealkylation sites (N-methyl/N-ethyl adjacent to an activating group) is 2. The Morgan fingerprint density at radius 2 is 0.591 bits per heavy atom. The molecule has 9 N–H and O–H groups in total. The molecule has 0 spiro atoms. The van der Waals surface area contributed by atoms with Gasteiger partial charge in [0, 0.05) is 167 Å². The lowest BCUT2D eigenvalue weighted by Gasteiger charge is -2.30. The first-order chi connectivity index (χ1) is 64.8. The average molecular weight is 1960 g/mol. The first-order valence-corrected chi connectivity index (χ1v) is 51.5. The van der Waals surface area contributed by atoms with E-state index in [0.717, 1.165) is 86.5 Å². The molecule has 33 nitrogen and oxygen atoms in total. The van der Waals surface area contributed by atoms with Crippen LogP contribution in [0.3, 0.4) is 0 Å². The quantitative estimate of drug-likeness (QED) is 0.0160. The predicted octanol–water partition coefficient (Wildman–Crippen LogP) is 9.71. The lowest BCUT2D eigenvalue weighted by Crippen LogP contribution is -2.53. The molecule has 7 aromatic carbocycles. The number of sulfonamides is 3. The third kappa shape index (κ3) is 37.5. The minimum Gasteiger partial charge on any atom is -0.390 e. The van der Waals surface area contributed by atoms with Gasteiger partial charge in [0.25, 0.3) is 35.4 Å². The minimum absolute atomic E-state index is 0.0119. The number of aliphatic hydroxyl groups excluding tert-OH is 3. The summed E-state index contributed by atoms with van der Waals surface area (Å²) in [5.41, 5.74) is 12.1. The van der Waals surface area contributed by atoms with Crippen LogP contribution in [0.1, 0.15) is 219 Å². The van der Waals surface area contributed by atoms with E-state index in [1.165, 1.54) is 102 Å². The third-order valence-electron chi connectivity index (χ3n) is 22.2. The van der Waals surface area contributed by atoms with E-state index >= 15 is 0 Å². The molecular formula is C101H149N15O18S3. The van der Waals surface area contributed by atoms with Crippen molar-refractivity contribution in [2.75, 3.05) is 121 Å². The van der Waals surface area contributed by atoms with Crippen LogP contribution in [0.15, 0.2) is 191 Å². The molecule has 0 bridgehead atoms. The van der Waals surface area contributed by atoms with Crippen LogP contribution in [0.25, 0.3) is 0 Å². The number of hydrogen-bond donors (Lipinski definition) is 9. The van der Waals surface area contributed by atoms with Crippen LogP contribution in [0.4, 0.5) is 0 Å². The second kappa shape index (κ2) is 58.2. The standard InChI is InChI=1S/C38H53N5O6S.C32H49N5O6S.C31H47N5O6S/c1-6-9-22-43(40-36(45)24-30-18-14-11-15-19-30)28-35(44)34(23-29-16-12-10-13-17-29)39-37(46)31-25-32(38(47)42(20-7-2)21-8-3)27-33(26-31)50(48,49)41(4)5;1-8-16-36(17-9-2)32(41)26-19-25(20-27(21-26)44(42,43)35(6)7)31(40)33-28(18-24-14-12-11-13-15-24)29(38)22-37(10-3)34-30(39)23(4)5;1-8-15-36(16-9-2)31(40)25-18-24(19-26(20-25)43(41,42)34(5)6)30(39)32-27(17-23-13-11-10-12-14-23)28(37)21-35(7)33-29(38)22(3)4/h10-19,25-27,34-35,44H,6-9,20-24,28H2,1-5H3,(H,39,46)(H,40,45);11-15,19-21,23,28-29,38H,8-10,16-18,22H2,1-7H3,(H,33,40)(H,34,39);10-14,18-20,22,27-28,37H,8-9,15-17,21H2,1-7H3,(H,32,39)(H,33,38). The largest absolute Gasteiger partial charge is 0.390 e. The SMILES string of the molecule is CCCCN(CC(O)C(Cc1ccccc1)NC(=O)c1cc(C(=O)N(CCC)CCC)cc(S(=O)(=O)N(C)C)c1)NC(=O)Cc1ccccc1.CCCN(CCC)C(=O)c1cc(C(=O)NC(Cc2ccccc2)C(O)CN(C)NC(=O)C(C)C)cc(S(=O)(=O)N(C)C)c1.CCCN(CCC)C(=O)c1cc(C(=O)NC(Cc2ccccc2)C(O)CN(CC)NC(=O)C(C)C)cc(S(=O)(=O)N(C)C)c1. The van der Waals surface area contributed by atoms with Crippen LogP contribution >= 0.6 is 0 Å². The molecule has 137 heavy (non-hydrogen) atoms. The van der Waals surface area contributed by atoms with Crippen molar-refractivity contribution in [3.8, 4) is 0 Å². The summed E-state index contributed by atoms with van der Waals surface area (Å²) in [7, 11) is -2.05. The molecule has 6 atom stereocenters. The van der Waals surface area contributed by atoms with Crippen LogP contribution in [-0.2, 0) is 70.1 Å². The second-order valence-electron chi connectivity index (χ2n) is 35.2. The molecule has 0 saturated heterocycles. The summed E-state index contributed by atoms with van der Waals surface area (Å²) in [5.74, 6) is -4.15. The van der Waals surface area contributed by atoms with E-state index in [1.807, 2.05) is 177 Å². The van der Waals surface area contributed by atoms with Gasteiger partial charge in [-0.15, -0.1) is 0 Å². The summed E-state index contributed by atoms with van der Waals surface area (Å²) in [6.07, 6.45) is 3.58. The molecule has 0 radical (unpaired) electrons. The minimum atomic E-state index is -4.01. The Hall–Kier alpha value is -10.7. The van der Waals surface area contributed by atoms with Gasteiger partial charge in [0.2, 0.25) is 47.8 Å². The van der Waals surface area contributed by atoms with Crippen LogP contribution in [0.2, 0.25) is 0 Å². The maximum atomic E-state index is 14.0. The number of nitrogens with zero attached hydrogens (tertiary/aromatic N) is 9. The monoisotopic (exact) mass is 1960 g/mol. The predicted molar refractivity (Wildman–Crippen MR) is 534 cm³/mol. The molecule has 0 heterocycles. The fourth-order valence-corrected chi connectivity index (χ4v) is 17.4. The number of nitrogens with one attached hydrogen (secondary N) is 6. The number of rotatable bonds is 53. The first-order valence-electron chi connectivity index (χ1n) is 47.2. The van der Waals surface area contributed by atoms with Crippen molar-refractivity contribution in [3.63, 3.8) is 0 Å². The number of amides is 9. The van der Waals surface area contributed by atoms with Crippen LogP contribution in [-0.4, -0.2) is 294 Å². The van der Waals surface area contributed by atoms with E-state index in [-0.39, 0.29) is 141 Å². The smallest absolute Gasteiger partial charge is 0.253 e. The third-order valence-corrected chi connectivity index (χ3v) is 27.6. The van der Waals surface area contributed by atoms with Crippen molar-refractivity contribution in [3.05, 3.63) is 232 Å². The van der Waals surface area contributed by atoms with Gasteiger partial charge >= 0.3 is 0 Å². The van der Waals surface area contributed by atoms with Gasteiger partial charge in [0.1, 0.15) is 0 Å². The normalized spacial score (nSPS) is 13.0. The molecule has 7 aromatic rings. The van der Waals surface area contributed by atoms with Crippen molar-refractivity contribution in [1.29, 1.82) is 0 Å². The van der Waals surface area contributed by atoms with Gasteiger partial charge in [0.05, 0.1) is 57.5 Å². The number of unbranched alkanes of at least 4 members (excludes halogenated alkanes) is 1. The second-order valence-corrected chi connectivity index (χ2v) is 41.6. The van der Waals surface area contributed by atoms with Crippen molar-refractivity contribution in [2.45, 2.75) is 211 Å². The summed E-state index contributed by atoms with van der Waals surface area (Å²) in [5, 5.41) is 47.6. The maximum absolute atomic E-state index is 14.0. The van der Waals surface area contributed by atoms with Gasteiger partial charge in [-0.2, -0.15) is 0 Å². The molecule has 6 unspecified atom stereocenters. The van der Waals surface area contributed by atoms with Gasteiger partial charge in [-0.3, -0.25) is 59.4 Å². The molecule has 0 fully saturated rings. The zero-order valence-electron chi connectivity index (χ0n) is 83.3. The molecule has 0 aliphatic rings. The van der Waals surface area contributed by atoms with Gasteiger partial charge in [-0.1, -0.05) is 211 Å². The topological polar surface area (TPSA) is 418 Å². The molecule has 754 valence electrons. The Labute approximate surface area is 812 Å². The van der Waals surface area contributed by atoms with Gasteiger partial charge < -0.3 is 46.0 Å². The summed E-state index contributed by atoms with van der Waals surface area (Å²) in [4.78, 5) is 124. The number of carbonyl (C=O) groups is 9. The lowest BCUT2D eigenvalue weighted by molar-refractivity contribution is -0.130. The summed E-state index contributed by atoms with van der Waals surface area (Å²) < 4.78 is 82.2. The molecule has 0 saturated carbocycles. The summed E-state index contributed by atoms with van der Waals surface area (Å²) in [6, 6.07) is 46.8. The van der Waals surface area contributed by atoms with Crippen molar-refractivity contribution in [1.82, 2.24) is 74.9 Å². The van der Waals surface area contributed by atoms with E-state index in [9.17, 15) is 83.7 Å². The van der Waals surface area contributed by atoms with Gasteiger partial charge in [-0.05, 0) is 141 Å². The zero-order valence-corrected chi connectivity index (χ0v) is 85.8. The fourth-order valence-electron chi connectivity index (χ4n) is 14.5. The Bertz CT molecular complexity index is 5340. The number of aliphatic hydroxyl groups is 3. The average Bonchev–Trinajstić information content (AvgIpc) is 0.796. The van der Waals surface area contributed by atoms with Gasteiger partial charge in [0.15, 0.2) is 0 Å². The number of hydrogen-bond acceptors (Lipinski definition) is 21. The molecular weight excluding hydrogens is 1810 g/mol. The van der Waals surface area contributed by atoms with E-state index in [1.54, 1.807) is 59.5 Å². The van der Waals surface area contributed by atoms with Crippen molar-refractivity contribution >= 4 is 83.2 Å². The van der Waals surface area contributed by atoms with Crippen LogP contribution < -0.4 is 32.2 Å². The fraction of sp³-hybridized carbons (Fsp3) is 0.495. The van der Waals surface area contributed by atoms with Crippen LogP contribution in [0.5, 0.6) is 0 Å². The highest BCUT2D eigenvalue weighted by Gasteiger charge is 2.34. The van der Waals surface area contributed by atoms with E-state index in [2.05, 4.69) is 32.2 Å². The summed E-state index contributed by atoms with van der Waals surface area (Å²) in [6.45, 7) is 26.6. The van der Waals surface area contributed by atoms with Crippen molar-refractivity contribution < 1.29 is 83.7 Å². The highest BCUT2D eigenvalue weighted by Crippen LogP contribution is 2.26. The van der Waals surface area contributed by atoms with E-state index < -0.39 is 84.2 Å². The Kier molecular flexibility index (Phi) is 49.6. The lowest BCUT2D eigenvalue weighted by atomic mass is 10.00. The highest BCUT2D eigenvalue weighted by molar-refractivity contribution is 7.89. The molecule has 0 aliphatic heterocycles. The van der Waals surface area contributed by atoms with Gasteiger partial charge in [-0.25, -0.2) is 53.2 Å². The maximum Gasteiger partial charge on any atom is 0.253 e. The Morgan fingerprint density at radius 1 is 0.321 bits per heavy atom. The molecule has 0 aliphatic carbocycles. The van der Waals surface area contributed by atoms with E-state index in [0.29, 0.717) is 52.4 Å². The number of hydrazine groups is 3. The number of carbonyl (C=O) groups excluding carboxylic acids is 9. The molecule has 36 heteroatoms. The molecule has 9 amide bonds. The first kappa shape index (κ1) is 117. The number of benzene rings is 7. The molecule has 7 rings (SSSR count). The zero-order chi connectivity index (χ0) is 102. The highest BCUT2D eigenvalue weighted by atomic mass is 32.2. The summed E-state index contributed by atoms with van der Waals surface area (Å²) >= 11 is 0. The van der Waals surface area contributed by atoms with Crippen LogP contribution in [0, 0.1) is 11.8 Å².